The summed E-state index contributed by atoms with van der Waals surface area (Å²) in [5, 5.41) is 4.86. The first-order valence-corrected chi connectivity index (χ1v) is 7.26. The van der Waals surface area contributed by atoms with E-state index in [4.69, 9.17) is 9.15 Å². The van der Waals surface area contributed by atoms with Gasteiger partial charge in [-0.15, -0.1) is 22.7 Å². The summed E-state index contributed by atoms with van der Waals surface area (Å²) in [6.07, 6.45) is 2.80. The number of nitrogens with zero attached hydrogens (tertiary/aromatic N) is 1. The van der Waals surface area contributed by atoms with Gasteiger partial charge in [0.15, 0.2) is 0 Å². The summed E-state index contributed by atoms with van der Waals surface area (Å²) in [5.74, 6) is -0.403. The predicted octanol–water partition coefficient (Wildman–Crippen LogP) is 3.82. The Morgan fingerprint density at radius 3 is 3.05 bits per heavy atom. The van der Waals surface area contributed by atoms with E-state index in [-0.39, 0.29) is 6.61 Å². The molecule has 0 spiro atoms. The third kappa shape index (κ3) is 2.74. The maximum atomic E-state index is 11.6. The molecule has 0 saturated heterocycles. The maximum Gasteiger partial charge on any atom is 0.341 e. The summed E-state index contributed by atoms with van der Waals surface area (Å²) in [6, 6.07) is 5.57. The van der Waals surface area contributed by atoms with Crippen LogP contribution in [0.15, 0.2) is 45.9 Å². The minimum absolute atomic E-state index is 0.173. The molecule has 6 heteroatoms. The van der Waals surface area contributed by atoms with Crippen molar-refractivity contribution in [3.05, 3.63) is 52.7 Å². The molecule has 0 amide bonds. The Morgan fingerprint density at radius 2 is 2.32 bits per heavy atom. The van der Waals surface area contributed by atoms with Crippen molar-refractivity contribution in [1.82, 2.24) is 4.98 Å². The molecule has 0 aromatic carbocycles. The van der Waals surface area contributed by atoms with Crippen LogP contribution in [0.5, 0.6) is 0 Å². The number of thiazole rings is 1. The van der Waals surface area contributed by atoms with Gasteiger partial charge >= 0.3 is 5.97 Å². The standard InChI is InChI=1S/C13H9NO3S2/c15-13(9-3-4-16-6-9)17-7-10-8-19-12(14-10)11-2-1-5-18-11/h1-6,8H,7H2. The Hall–Kier alpha value is -1.92. The molecule has 0 N–H and O–H groups in total. The first-order valence-electron chi connectivity index (χ1n) is 5.50. The molecule has 0 atom stereocenters. The lowest BCUT2D eigenvalue weighted by Gasteiger charge is -1.99. The van der Waals surface area contributed by atoms with Crippen molar-refractivity contribution >= 4 is 28.6 Å². The van der Waals surface area contributed by atoms with Crippen molar-refractivity contribution in [2.75, 3.05) is 0 Å². The van der Waals surface area contributed by atoms with Gasteiger partial charge in [0.05, 0.1) is 22.4 Å². The fourth-order valence-corrected chi connectivity index (χ4v) is 3.11. The second kappa shape index (κ2) is 5.38. The highest BCUT2D eigenvalue weighted by molar-refractivity contribution is 7.20. The molecule has 3 heterocycles. The fourth-order valence-electron chi connectivity index (χ4n) is 1.49. The van der Waals surface area contributed by atoms with Crippen LogP contribution in [0.4, 0.5) is 0 Å². The van der Waals surface area contributed by atoms with Gasteiger partial charge in [-0.3, -0.25) is 0 Å². The third-order valence-electron chi connectivity index (χ3n) is 2.39. The Kier molecular flexibility index (Phi) is 3.43. The molecule has 0 unspecified atom stereocenters. The Bertz CT molecular complexity index is 656. The molecule has 19 heavy (non-hydrogen) atoms. The van der Waals surface area contributed by atoms with E-state index >= 15 is 0 Å². The van der Waals surface area contributed by atoms with Gasteiger partial charge in [-0.05, 0) is 17.5 Å². The van der Waals surface area contributed by atoms with Gasteiger partial charge in [0.1, 0.15) is 17.9 Å². The van der Waals surface area contributed by atoms with E-state index < -0.39 is 5.97 Å². The first kappa shape index (κ1) is 12.1. The Labute approximate surface area is 117 Å². The molecule has 3 aromatic heterocycles. The molecule has 4 nitrogen and oxygen atoms in total. The highest BCUT2D eigenvalue weighted by atomic mass is 32.1. The summed E-state index contributed by atoms with van der Waals surface area (Å²) in [6.45, 7) is 0.173. The summed E-state index contributed by atoms with van der Waals surface area (Å²) < 4.78 is 9.98. The minimum atomic E-state index is -0.403. The molecule has 3 aromatic rings. The number of esters is 1. The number of hydrogen-bond acceptors (Lipinski definition) is 6. The van der Waals surface area contributed by atoms with E-state index in [1.165, 1.54) is 12.5 Å². The maximum absolute atomic E-state index is 11.6. The highest BCUT2D eigenvalue weighted by Crippen LogP contribution is 2.27. The zero-order valence-corrected chi connectivity index (χ0v) is 11.4. The second-order valence-electron chi connectivity index (χ2n) is 3.71. The smallest absolute Gasteiger partial charge is 0.341 e. The lowest BCUT2D eigenvalue weighted by molar-refractivity contribution is 0.0467. The minimum Gasteiger partial charge on any atom is -0.472 e. The van der Waals surface area contributed by atoms with Gasteiger partial charge in [0, 0.05) is 5.38 Å². The molecule has 3 rings (SSSR count). The lowest BCUT2D eigenvalue weighted by Crippen LogP contribution is -2.03. The van der Waals surface area contributed by atoms with Crippen LogP contribution in [0.25, 0.3) is 9.88 Å². The lowest BCUT2D eigenvalue weighted by atomic mass is 10.3. The highest BCUT2D eigenvalue weighted by Gasteiger charge is 2.10. The third-order valence-corrected chi connectivity index (χ3v) is 4.32. The van der Waals surface area contributed by atoms with Crippen LogP contribution in [-0.2, 0) is 11.3 Å². The van der Waals surface area contributed by atoms with Crippen molar-refractivity contribution in [3.63, 3.8) is 0 Å². The van der Waals surface area contributed by atoms with Gasteiger partial charge < -0.3 is 9.15 Å². The monoisotopic (exact) mass is 291 g/mol. The molecule has 0 aliphatic heterocycles. The number of carbonyl (C=O) groups excluding carboxylic acids is 1. The van der Waals surface area contributed by atoms with E-state index in [1.807, 2.05) is 22.9 Å². The van der Waals surface area contributed by atoms with Gasteiger partial charge in [-0.2, -0.15) is 0 Å². The SMILES string of the molecule is O=C(OCc1csc(-c2cccs2)n1)c1ccoc1. The van der Waals surface area contributed by atoms with E-state index in [2.05, 4.69) is 4.98 Å². The molecular formula is C13H9NO3S2. The zero-order valence-electron chi connectivity index (χ0n) is 9.74. The van der Waals surface area contributed by atoms with Crippen LogP contribution >= 0.6 is 22.7 Å². The van der Waals surface area contributed by atoms with Crippen molar-refractivity contribution in [3.8, 4) is 9.88 Å². The number of hydrogen-bond donors (Lipinski definition) is 0. The van der Waals surface area contributed by atoms with E-state index in [1.54, 1.807) is 28.7 Å². The fraction of sp³-hybridized carbons (Fsp3) is 0.0769. The first-order chi connectivity index (χ1) is 9.33. The van der Waals surface area contributed by atoms with Crippen LogP contribution in [0.3, 0.4) is 0 Å². The van der Waals surface area contributed by atoms with Crippen LogP contribution in [-0.4, -0.2) is 11.0 Å². The molecule has 0 aliphatic carbocycles. The number of ether oxygens (including phenoxy) is 1. The second-order valence-corrected chi connectivity index (χ2v) is 5.52. The number of aromatic nitrogens is 1. The van der Waals surface area contributed by atoms with Gasteiger partial charge in [-0.1, -0.05) is 6.07 Å². The summed E-state index contributed by atoms with van der Waals surface area (Å²) in [4.78, 5) is 17.2. The molecule has 0 saturated carbocycles. The molecule has 0 fully saturated rings. The number of thiophene rings is 1. The molecule has 0 aliphatic rings. The largest absolute Gasteiger partial charge is 0.472 e. The van der Waals surface area contributed by atoms with Crippen molar-refractivity contribution in [2.45, 2.75) is 6.61 Å². The average molecular weight is 291 g/mol. The van der Waals surface area contributed by atoms with Crippen LogP contribution < -0.4 is 0 Å². The quantitative estimate of drug-likeness (QED) is 0.686. The van der Waals surface area contributed by atoms with Crippen LogP contribution in [0, 0.1) is 0 Å². The van der Waals surface area contributed by atoms with E-state index in [0.29, 0.717) is 5.56 Å². The van der Waals surface area contributed by atoms with E-state index in [9.17, 15) is 4.79 Å². The van der Waals surface area contributed by atoms with Gasteiger partial charge in [0.2, 0.25) is 0 Å². The summed E-state index contributed by atoms with van der Waals surface area (Å²) >= 11 is 3.19. The Balaban J connectivity index is 1.63. The number of rotatable bonds is 4. The van der Waals surface area contributed by atoms with Crippen molar-refractivity contribution < 1.29 is 13.9 Å². The zero-order chi connectivity index (χ0) is 13.1. The van der Waals surface area contributed by atoms with Gasteiger partial charge in [0.25, 0.3) is 0 Å². The molecule has 96 valence electrons. The van der Waals surface area contributed by atoms with E-state index in [0.717, 1.165) is 15.6 Å². The summed E-state index contributed by atoms with van der Waals surface area (Å²) in [7, 11) is 0. The molecular weight excluding hydrogens is 282 g/mol. The number of furan rings is 1. The van der Waals surface area contributed by atoms with Crippen LogP contribution in [0.1, 0.15) is 16.1 Å². The summed E-state index contributed by atoms with van der Waals surface area (Å²) in [5.41, 5.74) is 1.17. The van der Waals surface area contributed by atoms with Crippen molar-refractivity contribution in [1.29, 1.82) is 0 Å². The van der Waals surface area contributed by atoms with Gasteiger partial charge in [-0.25, -0.2) is 9.78 Å². The van der Waals surface area contributed by atoms with Crippen LogP contribution in [0.2, 0.25) is 0 Å². The predicted molar refractivity (Wildman–Crippen MR) is 73.3 cm³/mol. The molecule has 0 radical (unpaired) electrons. The molecule has 0 bridgehead atoms. The van der Waals surface area contributed by atoms with Crippen molar-refractivity contribution in [2.24, 2.45) is 0 Å². The average Bonchev–Trinajstić information content (AvgIpc) is 3.14. The Morgan fingerprint density at radius 1 is 1.37 bits per heavy atom. The topological polar surface area (TPSA) is 52.3 Å². The normalized spacial score (nSPS) is 10.5. The number of carbonyl (C=O) groups is 1.